The average Bonchev–Trinajstić information content (AvgIpc) is 3.14. The van der Waals surface area contributed by atoms with Crippen molar-refractivity contribution in [2.45, 2.75) is 84.3 Å². The highest BCUT2D eigenvalue weighted by Gasteiger charge is 2.61. The molecule has 3 saturated carbocycles. The highest BCUT2D eigenvalue weighted by Crippen LogP contribution is 2.67. The molecular weight excluding hydrogens is 268 g/mol. The second-order valence-corrected chi connectivity index (χ2v) is 9.61. The SMILES string of the molecule is CC[C@H]1CC[C@H]2[C@@H]3CC=C4C[C@@H]5O[C@H]5C[C@]4(C)[C@H]3CC[C@]12C. The molecule has 5 rings (SSSR count). The van der Waals surface area contributed by atoms with Gasteiger partial charge in [-0.3, -0.25) is 0 Å². The van der Waals surface area contributed by atoms with Crippen LogP contribution in [0.3, 0.4) is 0 Å². The second kappa shape index (κ2) is 4.41. The maximum atomic E-state index is 5.91. The third-order valence-corrected chi connectivity index (χ3v) is 9.05. The highest BCUT2D eigenvalue weighted by atomic mass is 16.6. The van der Waals surface area contributed by atoms with Gasteiger partial charge in [0.05, 0.1) is 12.2 Å². The van der Waals surface area contributed by atoms with Crippen LogP contribution in [-0.2, 0) is 4.74 Å². The van der Waals surface area contributed by atoms with E-state index in [0.717, 1.165) is 23.7 Å². The van der Waals surface area contributed by atoms with Crippen LogP contribution in [0.15, 0.2) is 11.6 Å². The molecule has 0 aromatic rings. The lowest BCUT2D eigenvalue weighted by molar-refractivity contribution is -0.0402. The Balaban J connectivity index is 1.49. The normalized spacial score (nSPS) is 59.0. The minimum absolute atomic E-state index is 0.478. The van der Waals surface area contributed by atoms with Crippen LogP contribution in [0.2, 0.25) is 0 Å². The van der Waals surface area contributed by atoms with Crippen LogP contribution < -0.4 is 0 Å². The largest absolute Gasteiger partial charge is 0.369 e. The first-order valence-corrected chi connectivity index (χ1v) is 9.91. The molecule has 4 fully saturated rings. The number of epoxide rings is 1. The predicted molar refractivity (Wildman–Crippen MR) is 89.5 cm³/mol. The molecule has 1 heteroatoms. The summed E-state index contributed by atoms with van der Waals surface area (Å²) in [5.41, 5.74) is 2.91. The van der Waals surface area contributed by atoms with Gasteiger partial charge in [-0.25, -0.2) is 0 Å². The number of hydrogen-bond donors (Lipinski definition) is 0. The molecule has 122 valence electrons. The van der Waals surface area contributed by atoms with Crippen LogP contribution >= 0.6 is 0 Å². The maximum absolute atomic E-state index is 5.91. The van der Waals surface area contributed by atoms with Crippen molar-refractivity contribution in [2.75, 3.05) is 0 Å². The van der Waals surface area contributed by atoms with E-state index in [-0.39, 0.29) is 0 Å². The minimum Gasteiger partial charge on any atom is -0.369 e. The van der Waals surface area contributed by atoms with E-state index in [9.17, 15) is 0 Å². The molecule has 0 spiro atoms. The minimum atomic E-state index is 0.478. The van der Waals surface area contributed by atoms with Crippen molar-refractivity contribution in [1.29, 1.82) is 0 Å². The first-order valence-electron chi connectivity index (χ1n) is 9.91. The van der Waals surface area contributed by atoms with Gasteiger partial charge in [0.1, 0.15) is 0 Å². The zero-order valence-electron chi connectivity index (χ0n) is 14.6. The van der Waals surface area contributed by atoms with E-state index in [0.29, 0.717) is 23.0 Å². The topological polar surface area (TPSA) is 12.5 Å². The van der Waals surface area contributed by atoms with E-state index in [4.69, 9.17) is 4.74 Å². The van der Waals surface area contributed by atoms with Gasteiger partial charge in [-0.05, 0) is 79.4 Å². The fraction of sp³-hybridized carbons (Fsp3) is 0.905. The Morgan fingerprint density at radius 1 is 1.14 bits per heavy atom. The van der Waals surface area contributed by atoms with Crippen molar-refractivity contribution >= 4 is 0 Å². The molecule has 1 heterocycles. The van der Waals surface area contributed by atoms with Gasteiger partial charge < -0.3 is 4.74 Å². The summed E-state index contributed by atoms with van der Waals surface area (Å²) in [4.78, 5) is 0. The van der Waals surface area contributed by atoms with E-state index in [1.807, 2.05) is 0 Å². The Kier molecular flexibility index (Phi) is 2.82. The van der Waals surface area contributed by atoms with Gasteiger partial charge >= 0.3 is 0 Å². The van der Waals surface area contributed by atoms with Gasteiger partial charge in [-0.15, -0.1) is 0 Å². The lowest BCUT2D eigenvalue weighted by Gasteiger charge is -2.57. The van der Waals surface area contributed by atoms with Gasteiger partial charge in [-0.1, -0.05) is 38.8 Å². The molecule has 5 aliphatic rings. The first kappa shape index (κ1) is 14.1. The van der Waals surface area contributed by atoms with Crippen molar-refractivity contribution in [3.8, 4) is 0 Å². The van der Waals surface area contributed by atoms with Crippen LogP contribution in [0.25, 0.3) is 0 Å². The van der Waals surface area contributed by atoms with Crippen molar-refractivity contribution in [3.05, 3.63) is 11.6 Å². The quantitative estimate of drug-likeness (QED) is 0.469. The number of allylic oxidation sites excluding steroid dienone is 1. The van der Waals surface area contributed by atoms with Crippen molar-refractivity contribution in [2.24, 2.45) is 34.5 Å². The summed E-state index contributed by atoms with van der Waals surface area (Å²) in [7, 11) is 0. The van der Waals surface area contributed by atoms with E-state index in [2.05, 4.69) is 26.8 Å². The second-order valence-electron chi connectivity index (χ2n) is 9.61. The summed E-state index contributed by atoms with van der Waals surface area (Å²) in [6, 6.07) is 0. The fourth-order valence-electron chi connectivity index (χ4n) is 7.71. The number of fused-ring (bicyclic) bond motifs is 6. The Hall–Kier alpha value is -0.300. The molecule has 0 aromatic heterocycles. The van der Waals surface area contributed by atoms with Gasteiger partial charge in [0, 0.05) is 0 Å². The van der Waals surface area contributed by atoms with Crippen molar-refractivity contribution in [1.82, 2.24) is 0 Å². The third kappa shape index (κ3) is 1.65. The van der Waals surface area contributed by atoms with E-state index in [1.165, 1.54) is 51.4 Å². The molecule has 0 amide bonds. The van der Waals surface area contributed by atoms with Crippen molar-refractivity contribution < 1.29 is 4.74 Å². The van der Waals surface area contributed by atoms with Gasteiger partial charge in [0.25, 0.3) is 0 Å². The van der Waals surface area contributed by atoms with Crippen molar-refractivity contribution in [3.63, 3.8) is 0 Å². The van der Waals surface area contributed by atoms with Gasteiger partial charge in [-0.2, -0.15) is 0 Å². The molecule has 0 radical (unpaired) electrons. The molecule has 1 aliphatic heterocycles. The Morgan fingerprint density at radius 2 is 2.00 bits per heavy atom. The van der Waals surface area contributed by atoms with E-state index < -0.39 is 0 Å². The molecule has 1 nitrogen and oxygen atoms in total. The molecule has 0 unspecified atom stereocenters. The lowest BCUT2D eigenvalue weighted by Crippen LogP contribution is -2.50. The highest BCUT2D eigenvalue weighted by molar-refractivity contribution is 5.28. The number of ether oxygens (including phenoxy) is 1. The molecule has 0 bridgehead atoms. The summed E-state index contributed by atoms with van der Waals surface area (Å²) in [6.45, 7) is 7.68. The number of hydrogen-bond acceptors (Lipinski definition) is 1. The average molecular weight is 300 g/mol. The molecule has 0 N–H and O–H groups in total. The summed E-state index contributed by atoms with van der Waals surface area (Å²) >= 11 is 0. The molecular formula is C21H32O. The monoisotopic (exact) mass is 300 g/mol. The standard InChI is InChI=1S/C21H32O/c1-4-13-6-8-16-15-7-5-14-11-18-19(22-18)12-21(14,3)17(15)9-10-20(13,16)2/h5,13,15-19H,4,6-12H2,1-3H3/t13-,15-,16-,17-,18-,19-,20+,21-/m0/s1. The number of rotatable bonds is 1. The fourth-order valence-corrected chi connectivity index (χ4v) is 7.71. The lowest BCUT2D eigenvalue weighted by atomic mass is 9.47. The molecule has 8 atom stereocenters. The zero-order valence-corrected chi connectivity index (χ0v) is 14.6. The maximum Gasteiger partial charge on any atom is 0.0879 e. The Morgan fingerprint density at radius 3 is 2.82 bits per heavy atom. The van der Waals surface area contributed by atoms with Crippen LogP contribution in [-0.4, -0.2) is 12.2 Å². The van der Waals surface area contributed by atoms with Crippen LogP contribution in [0.1, 0.15) is 72.1 Å². The zero-order chi connectivity index (χ0) is 15.1. The molecule has 22 heavy (non-hydrogen) atoms. The molecule has 0 aromatic carbocycles. The third-order valence-electron chi connectivity index (χ3n) is 9.05. The summed E-state index contributed by atoms with van der Waals surface area (Å²) in [5, 5.41) is 0. The van der Waals surface area contributed by atoms with Gasteiger partial charge in [0.15, 0.2) is 0 Å². The Bertz CT molecular complexity index is 522. The summed E-state index contributed by atoms with van der Waals surface area (Å²) < 4.78 is 5.91. The van der Waals surface area contributed by atoms with E-state index >= 15 is 0 Å². The molecule has 1 saturated heterocycles. The predicted octanol–water partition coefficient (Wildman–Crippen LogP) is 5.35. The van der Waals surface area contributed by atoms with Crippen LogP contribution in [0.4, 0.5) is 0 Å². The summed E-state index contributed by atoms with van der Waals surface area (Å²) in [5.74, 6) is 3.92. The first-order chi connectivity index (χ1) is 10.6. The smallest absolute Gasteiger partial charge is 0.0879 e. The summed E-state index contributed by atoms with van der Waals surface area (Å²) in [6.07, 6.45) is 15.2. The Labute approximate surface area is 135 Å². The van der Waals surface area contributed by atoms with Crippen LogP contribution in [0, 0.1) is 34.5 Å². The van der Waals surface area contributed by atoms with Crippen LogP contribution in [0.5, 0.6) is 0 Å². The van der Waals surface area contributed by atoms with E-state index in [1.54, 1.807) is 5.57 Å². The molecule has 4 aliphatic carbocycles. The van der Waals surface area contributed by atoms with Gasteiger partial charge in [0.2, 0.25) is 0 Å².